The first kappa shape index (κ1) is 23.9. The van der Waals surface area contributed by atoms with Gasteiger partial charge in [0, 0.05) is 16.6 Å². The van der Waals surface area contributed by atoms with Crippen LogP contribution < -0.4 is 5.32 Å². The smallest absolute Gasteiger partial charge is 0.410 e. The van der Waals surface area contributed by atoms with Crippen LogP contribution in [0.2, 0.25) is 0 Å². The molecule has 0 radical (unpaired) electrons. The molecular weight excluding hydrogens is 456 g/mol. The molecule has 164 valence electrons. The molecule has 2 unspecified atom stereocenters. The van der Waals surface area contributed by atoms with E-state index in [2.05, 4.69) is 26.0 Å². The highest BCUT2D eigenvalue weighted by Gasteiger charge is 2.38. The zero-order chi connectivity index (χ0) is 22.5. The van der Waals surface area contributed by atoms with Crippen LogP contribution in [0, 0.1) is 0 Å². The topological polar surface area (TPSA) is 102 Å². The number of nitrogens with zero attached hydrogens (tertiary/aromatic N) is 1. The Kier molecular flexibility index (Phi) is 8.00. The predicted octanol–water partition coefficient (Wildman–Crippen LogP) is 3.08. The average Bonchev–Trinajstić information content (AvgIpc) is 3.16. The molecule has 0 saturated carbocycles. The van der Waals surface area contributed by atoms with Crippen LogP contribution in [0.1, 0.15) is 50.4 Å². The molecule has 1 aliphatic heterocycles. The van der Waals surface area contributed by atoms with Crippen LogP contribution in [-0.4, -0.2) is 60.0 Å². The lowest BCUT2D eigenvalue weighted by atomic mass is 10.0. The molecule has 1 aromatic rings. The van der Waals surface area contributed by atoms with E-state index in [1.54, 1.807) is 45.0 Å². The van der Waals surface area contributed by atoms with Crippen LogP contribution in [0.25, 0.3) is 0 Å². The molecular formula is C21H27BrN2O6. The second-order valence-electron chi connectivity index (χ2n) is 8.04. The summed E-state index contributed by atoms with van der Waals surface area (Å²) < 4.78 is 10.8. The minimum absolute atomic E-state index is 0.309. The van der Waals surface area contributed by atoms with Gasteiger partial charge in [-0.15, -0.1) is 0 Å². The molecule has 0 aromatic heterocycles. The number of hydrogen-bond acceptors (Lipinski definition) is 6. The maximum Gasteiger partial charge on any atom is 0.410 e. The van der Waals surface area contributed by atoms with E-state index in [9.17, 15) is 19.2 Å². The molecule has 0 bridgehead atoms. The molecule has 2 amide bonds. The minimum Gasteiger partial charge on any atom is -0.469 e. The van der Waals surface area contributed by atoms with Crippen molar-refractivity contribution in [3.8, 4) is 0 Å². The summed E-state index contributed by atoms with van der Waals surface area (Å²) in [6, 6.07) is 4.73. The number of ketones is 1. The first-order chi connectivity index (χ1) is 14.0. The van der Waals surface area contributed by atoms with Gasteiger partial charge in [-0.1, -0.05) is 28.1 Å². The molecule has 0 spiro atoms. The number of carbonyl (C=O) groups excluding carboxylic acids is 4. The summed E-state index contributed by atoms with van der Waals surface area (Å²) in [5.41, 5.74) is -0.339. The van der Waals surface area contributed by atoms with Gasteiger partial charge >= 0.3 is 12.1 Å². The average molecular weight is 483 g/mol. The molecule has 8 nitrogen and oxygen atoms in total. The number of ether oxygens (including phenoxy) is 2. The lowest BCUT2D eigenvalue weighted by Crippen LogP contribution is -2.52. The SMILES string of the molecule is COC(=O)CC(NC(=O)C1CCCN1C(=O)OC(C)(C)C)C(=O)c1ccc(Br)cc1. The molecule has 1 N–H and O–H groups in total. The van der Waals surface area contributed by atoms with Crippen LogP contribution in [0.15, 0.2) is 28.7 Å². The molecule has 0 aliphatic carbocycles. The van der Waals surface area contributed by atoms with Crippen LogP contribution >= 0.6 is 15.9 Å². The van der Waals surface area contributed by atoms with Gasteiger partial charge in [0.2, 0.25) is 5.91 Å². The van der Waals surface area contributed by atoms with Gasteiger partial charge in [-0.3, -0.25) is 19.3 Å². The normalized spacial score (nSPS) is 17.2. The second kappa shape index (κ2) is 10.1. The largest absolute Gasteiger partial charge is 0.469 e. The van der Waals surface area contributed by atoms with E-state index in [0.29, 0.717) is 24.9 Å². The number of likely N-dealkylation sites (tertiary alicyclic amines) is 1. The number of hydrogen-bond donors (Lipinski definition) is 1. The highest BCUT2D eigenvalue weighted by Crippen LogP contribution is 2.22. The molecule has 1 heterocycles. The van der Waals surface area contributed by atoms with Gasteiger partial charge in [-0.2, -0.15) is 0 Å². The van der Waals surface area contributed by atoms with Crippen molar-refractivity contribution in [2.75, 3.05) is 13.7 Å². The van der Waals surface area contributed by atoms with Crippen molar-refractivity contribution in [3.63, 3.8) is 0 Å². The first-order valence-electron chi connectivity index (χ1n) is 9.68. The zero-order valence-electron chi connectivity index (χ0n) is 17.6. The van der Waals surface area contributed by atoms with Crippen LogP contribution in [-0.2, 0) is 19.1 Å². The van der Waals surface area contributed by atoms with E-state index < -0.39 is 41.4 Å². The third kappa shape index (κ3) is 6.55. The van der Waals surface area contributed by atoms with E-state index in [-0.39, 0.29) is 6.42 Å². The van der Waals surface area contributed by atoms with E-state index in [1.165, 1.54) is 12.0 Å². The summed E-state index contributed by atoms with van der Waals surface area (Å²) in [4.78, 5) is 51.5. The van der Waals surface area contributed by atoms with E-state index in [1.807, 2.05) is 0 Å². The summed E-state index contributed by atoms with van der Waals surface area (Å²) in [7, 11) is 1.21. The fourth-order valence-electron chi connectivity index (χ4n) is 3.12. The number of amides is 2. The molecule has 1 aliphatic rings. The van der Waals surface area contributed by atoms with Gasteiger partial charge in [0.05, 0.1) is 13.5 Å². The summed E-state index contributed by atoms with van der Waals surface area (Å²) >= 11 is 3.30. The summed E-state index contributed by atoms with van der Waals surface area (Å²) in [6.45, 7) is 5.63. The number of nitrogens with one attached hydrogen (secondary N) is 1. The molecule has 1 aromatic carbocycles. The fraction of sp³-hybridized carbons (Fsp3) is 0.524. The van der Waals surface area contributed by atoms with Crippen molar-refractivity contribution in [1.29, 1.82) is 0 Å². The molecule has 2 atom stereocenters. The Morgan fingerprint density at radius 2 is 1.83 bits per heavy atom. The highest BCUT2D eigenvalue weighted by molar-refractivity contribution is 9.10. The Morgan fingerprint density at radius 3 is 2.40 bits per heavy atom. The number of methoxy groups -OCH3 is 1. The Hall–Kier alpha value is -2.42. The monoisotopic (exact) mass is 482 g/mol. The van der Waals surface area contributed by atoms with Crippen molar-refractivity contribution in [3.05, 3.63) is 34.3 Å². The van der Waals surface area contributed by atoms with Crippen LogP contribution in [0.4, 0.5) is 4.79 Å². The quantitative estimate of drug-likeness (QED) is 0.493. The summed E-state index contributed by atoms with van der Waals surface area (Å²) in [5.74, 6) is -1.54. The van der Waals surface area contributed by atoms with Gasteiger partial charge in [-0.25, -0.2) is 4.79 Å². The molecule has 30 heavy (non-hydrogen) atoms. The highest BCUT2D eigenvalue weighted by atomic mass is 79.9. The van der Waals surface area contributed by atoms with Gasteiger partial charge in [0.1, 0.15) is 17.7 Å². The molecule has 1 fully saturated rings. The van der Waals surface area contributed by atoms with Crippen molar-refractivity contribution < 1.29 is 28.7 Å². The van der Waals surface area contributed by atoms with Crippen molar-refractivity contribution >= 4 is 39.7 Å². The van der Waals surface area contributed by atoms with Gasteiger partial charge in [0.15, 0.2) is 5.78 Å². The lowest BCUT2D eigenvalue weighted by molar-refractivity contribution is -0.141. The van der Waals surface area contributed by atoms with Gasteiger partial charge in [0.25, 0.3) is 0 Å². The standard InChI is InChI=1S/C21H27BrN2O6/c1-21(2,3)30-20(28)24-11-5-6-16(24)19(27)23-15(12-17(25)29-4)18(26)13-7-9-14(22)10-8-13/h7-10,15-16H,5-6,11-12H2,1-4H3,(H,23,27). The predicted molar refractivity (Wildman–Crippen MR) is 113 cm³/mol. The van der Waals surface area contributed by atoms with Gasteiger partial charge < -0.3 is 14.8 Å². The maximum atomic E-state index is 12.9. The minimum atomic E-state index is -1.10. The number of halogens is 1. The fourth-order valence-corrected chi connectivity index (χ4v) is 3.39. The molecule has 9 heteroatoms. The first-order valence-corrected chi connectivity index (χ1v) is 10.5. The number of rotatable bonds is 6. The number of esters is 1. The summed E-state index contributed by atoms with van der Waals surface area (Å²) in [5, 5.41) is 2.63. The maximum absolute atomic E-state index is 12.9. The molecule has 1 saturated heterocycles. The Morgan fingerprint density at radius 1 is 1.20 bits per heavy atom. The zero-order valence-corrected chi connectivity index (χ0v) is 19.2. The van der Waals surface area contributed by atoms with E-state index in [0.717, 1.165) is 4.47 Å². The van der Waals surface area contributed by atoms with E-state index in [4.69, 9.17) is 4.74 Å². The third-order valence-electron chi connectivity index (χ3n) is 4.54. The van der Waals surface area contributed by atoms with Crippen molar-refractivity contribution in [1.82, 2.24) is 10.2 Å². The second-order valence-corrected chi connectivity index (χ2v) is 8.96. The van der Waals surface area contributed by atoms with Crippen LogP contribution in [0.3, 0.4) is 0 Å². The number of Topliss-reactive ketones (excluding diaryl/α,β-unsaturated/α-hetero) is 1. The van der Waals surface area contributed by atoms with E-state index >= 15 is 0 Å². The van der Waals surface area contributed by atoms with Crippen molar-refractivity contribution in [2.45, 2.75) is 57.7 Å². The van der Waals surface area contributed by atoms with Crippen LogP contribution in [0.5, 0.6) is 0 Å². The lowest BCUT2D eigenvalue weighted by Gasteiger charge is -2.29. The Labute approximate surface area is 184 Å². The Balaban J connectivity index is 2.16. The Bertz CT molecular complexity index is 803. The third-order valence-corrected chi connectivity index (χ3v) is 5.07. The number of carbonyl (C=O) groups is 4. The van der Waals surface area contributed by atoms with Gasteiger partial charge in [-0.05, 0) is 45.7 Å². The number of benzene rings is 1. The van der Waals surface area contributed by atoms with Crippen molar-refractivity contribution in [2.24, 2.45) is 0 Å². The molecule has 2 rings (SSSR count). The summed E-state index contributed by atoms with van der Waals surface area (Å²) in [6.07, 6.45) is 0.197.